The van der Waals surface area contributed by atoms with Crippen molar-refractivity contribution >= 4 is 0 Å². The normalized spacial score (nSPS) is 30.0. The largest absolute Gasteiger partial charge is 0.310 e. The molecule has 2 nitrogen and oxygen atoms in total. The van der Waals surface area contributed by atoms with Crippen LogP contribution in [0.1, 0.15) is 66.2 Å². The molecule has 1 rings (SSSR count). The lowest BCUT2D eigenvalue weighted by atomic mass is 9.89. The van der Waals surface area contributed by atoms with Gasteiger partial charge in [-0.15, -0.1) is 0 Å². The lowest BCUT2D eigenvalue weighted by Gasteiger charge is -2.36. The second-order valence-corrected chi connectivity index (χ2v) is 5.45. The second-order valence-electron chi connectivity index (χ2n) is 5.45. The molecule has 0 aromatic carbocycles. The fourth-order valence-corrected chi connectivity index (χ4v) is 2.50. The van der Waals surface area contributed by atoms with E-state index in [0.29, 0.717) is 24.2 Å². The second kappa shape index (κ2) is 7.29. The molecule has 4 atom stereocenters. The van der Waals surface area contributed by atoms with Gasteiger partial charge in [-0.2, -0.15) is 0 Å². The fourth-order valence-electron chi connectivity index (χ4n) is 2.50. The zero-order chi connectivity index (χ0) is 12.0. The van der Waals surface area contributed by atoms with Crippen LogP contribution in [0.25, 0.3) is 0 Å². The van der Waals surface area contributed by atoms with Crippen molar-refractivity contribution in [1.29, 1.82) is 0 Å². The molecule has 1 fully saturated rings. The molecule has 96 valence electrons. The van der Waals surface area contributed by atoms with Crippen molar-refractivity contribution in [3.63, 3.8) is 0 Å². The molecule has 0 saturated heterocycles. The van der Waals surface area contributed by atoms with E-state index in [2.05, 4.69) is 38.3 Å². The number of hydrogen-bond donors (Lipinski definition) is 2. The van der Waals surface area contributed by atoms with E-state index < -0.39 is 0 Å². The van der Waals surface area contributed by atoms with Gasteiger partial charge in [0.05, 0.1) is 0 Å². The topological polar surface area (TPSA) is 24.1 Å². The lowest BCUT2D eigenvalue weighted by Crippen LogP contribution is -2.54. The molecule has 2 unspecified atom stereocenters. The van der Waals surface area contributed by atoms with Gasteiger partial charge in [0.1, 0.15) is 0 Å². The molecule has 1 saturated carbocycles. The van der Waals surface area contributed by atoms with Crippen LogP contribution in [0.5, 0.6) is 0 Å². The zero-order valence-corrected chi connectivity index (χ0v) is 11.6. The summed E-state index contributed by atoms with van der Waals surface area (Å²) in [4.78, 5) is 0. The minimum Gasteiger partial charge on any atom is -0.310 e. The van der Waals surface area contributed by atoms with E-state index in [1.54, 1.807) is 0 Å². The maximum absolute atomic E-state index is 3.79. The van der Waals surface area contributed by atoms with Crippen molar-refractivity contribution in [3.8, 4) is 0 Å². The molecule has 0 aliphatic heterocycles. The quantitative estimate of drug-likeness (QED) is 0.727. The summed E-state index contributed by atoms with van der Waals surface area (Å²) < 4.78 is 0. The predicted octanol–water partition coefficient (Wildman–Crippen LogP) is 3.07. The van der Waals surface area contributed by atoms with Crippen molar-refractivity contribution < 1.29 is 0 Å². The van der Waals surface area contributed by atoms with Crippen molar-refractivity contribution in [1.82, 2.24) is 10.6 Å². The van der Waals surface area contributed by atoms with Crippen LogP contribution in [0.2, 0.25) is 0 Å². The Kier molecular flexibility index (Phi) is 6.37. The minimum absolute atomic E-state index is 0.657. The van der Waals surface area contributed by atoms with Crippen LogP contribution in [0.15, 0.2) is 0 Å². The standard InChI is InChI=1S/C14H30N2/c1-5-11(3)15-13-9-7-8-10-14(13)16-12(4)6-2/h11-16H,5-10H2,1-4H3/t11?,12?,13-,14-/m1/s1. The van der Waals surface area contributed by atoms with Crippen LogP contribution in [-0.4, -0.2) is 24.2 Å². The van der Waals surface area contributed by atoms with Crippen LogP contribution in [0.3, 0.4) is 0 Å². The fraction of sp³-hybridized carbons (Fsp3) is 1.00. The monoisotopic (exact) mass is 226 g/mol. The summed E-state index contributed by atoms with van der Waals surface area (Å²) in [7, 11) is 0. The summed E-state index contributed by atoms with van der Waals surface area (Å²) >= 11 is 0. The Bertz CT molecular complexity index is 162. The highest BCUT2D eigenvalue weighted by atomic mass is 15.1. The molecule has 16 heavy (non-hydrogen) atoms. The predicted molar refractivity (Wildman–Crippen MR) is 71.8 cm³/mol. The van der Waals surface area contributed by atoms with Gasteiger partial charge in [-0.25, -0.2) is 0 Å². The third-order valence-electron chi connectivity index (χ3n) is 3.99. The van der Waals surface area contributed by atoms with Crippen LogP contribution in [0, 0.1) is 0 Å². The van der Waals surface area contributed by atoms with Gasteiger partial charge in [0.15, 0.2) is 0 Å². The van der Waals surface area contributed by atoms with Gasteiger partial charge in [-0.3, -0.25) is 0 Å². The molecule has 2 heteroatoms. The summed E-state index contributed by atoms with van der Waals surface area (Å²) in [5, 5.41) is 7.57. The summed E-state index contributed by atoms with van der Waals surface area (Å²) in [5.74, 6) is 0. The number of rotatable bonds is 6. The highest BCUT2D eigenvalue weighted by molar-refractivity contribution is 4.88. The van der Waals surface area contributed by atoms with Crippen molar-refractivity contribution in [2.24, 2.45) is 0 Å². The molecule has 0 heterocycles. The number of nitrogens with one attached hydrogen (secondary N) is 2. The molecular weight excluding hydrogens is 196 g/mol. The van der Waals surface area contributed by atoms with E-state index in [1.165, 1.54) is 38.5 Å². The Balaban J connectivity index is 2.43. The van der Waals surface area contributed by atoms with Gasteiger partial charge in [0.25, 0.3) is 0 Å². The summed E-state index contributed by atoms with van der Waals surface area (Å²) in [6.07, 6.45) is 7.94. The van der Waals surface area contributed by atoms with E-state index in [4.69, 9.17) is 0 Å². The van der Waals surface area contributed by atoms with E-state index in [-0.39, 0.29) is 0 Å². The van der Waals surface area contributed by atoms with E-state index in [1.807, 2.05) is 0 Å². The number of hydrogen-bond acceptors (Lipinski definition) is 2. The molecular formula is C14H30N2. The van der Waals surface area contributed by atoms with Crippen LogP contribution >= 0.6 is 0 Å². The summed E-state index contributed by atoms with van der Waals surface area (Å²) in [6.45, 7) is 9.12. The SMILES string of the molecule is CCC(C)N[C@@H]1CCCC[C@H]1NC(C)CC. The maximum Gasteiger partial charge on any atom is 0.0223 e. The summed E-state index contributed by atoms with van der Waals surface area (Å²) in [6, 6.07) is 2.70. The van der Waals surface area contributed by atoms with Gasteiger partial charge in [-0.1, -0.05) is 26.7 Å². The molecule has 2 N–H and O–H groups in total. The first-order valence-corrected chi connectivity index (χ1v) is 7.19. The van der Waals surface area contributed by atoms with Gasteiger partial charge >= 0.3 is 0 Å². The van der Waals surface area contributed by atoms with Crippen LogP contribution in [-0.2, 0) is 0 Å². The molecule has 0 aromatic rings. The Morgan fingerprint density at radius 3 is 1.56 bits per heavy atom. The van der Waals surface area contributed by atoms with E-state index in [9.17, 15) is 0 Å². The van der Waals surface area contributed by atoms with Gasteiger partial charge in [-0.05, 0) is 39.5 Å². The Labute approximate surface area is 102 Å². The molecule has 1 aliphatic rings. The van der Waals surface area contributed by atoms with Gasteiger partial charge in [0, 0.05) is 24.2 Å². The smallest absolute Gasteiger partial charge is 0.0223 e. The van der Waals surface area contributed by atoms with Gasteiger partial charge < -0.3 is 10.6 Å². The Morgan fingerprint density at radius 1 is 0.875 bits per heavy atom. The van der Waals surface area contributed by atoms with Crippen LogP contribution < -0.4 is 10.6 Å². The maximum atomic E-state index is 3.79. The van der Waals surface area contributed by atoms with E-state index in [0.717, 1.165) is 0 Å². The highest BCUT2D eigenvalue weighted by Crippen LogP contribution is 2.20. The van der Waals surface area contributed by atoms with Gasteiger partial charge in [0.2, 0.25) is 0 Å². The third-order valence-corrected chi connectivity index (χ3v) is 3.99. The molecule has 0 amide bonds. The third kappa shape index (κ3) is 4.42. The highest BCUT2D eigenvalue weighted by Gasteiger charge is 2.26. The molecule has 1 aliphatic carbocycles. The van der Waals surface area contributed by atoms with Crippen molar-refractivity contribution in [2.75, 3.05) is 0 Å². The Morgan fingerprint density at radius 2 is 1.25 bits per heavy atom. The van der Waals surface area contributed by atoms with Crippen molar-refractivity contribution in [2.45, 2.75) is 90.4 Å². The van der Waals surface area contributed by atoms with Crippen molar-refractivity contribution in [3.05, 3.63) is 0 Å². The first-order chi connectivity index (χ1) is 7.67. The Hall–Kier alpha value is -0.0800. The summed E-state index contributed by atoms with van der Waals surface area (Å²) in [5.41, 5.74) is 0. The average molecular weight is 226 g/mol. The van der Waals surface area contributed by atoms with Crippen LogP contribution in [0.4, 0.5) is 0 Å². The minimum atomic E-state index is 0.657. The lowest BCUT2D eigenvalue weighted by molar-refractivity contribution is 0.249. The molecule has 0 bridgehead atoms. The first-order valence-electron chi connectivity index (χ1n) is 7.19. The molecule has 0 aromatic heterocycles. The molecule has 0 radical (unpaired) electrons. The molecule has 0 spiro atoms. The first kappa shape index (κ1) is 14.0. The van der Waals surface area contributed by atoms with E-state index >= 15 is 0 Å². The average Bonchev–Trinajstić information content (AvgIpc) is 2.31. The zero-order valence-electron chi connectivity index (χ0n) is 11.6.